The van der Waals surface area contributed by atoms with Gasteiger partial charge in [-0.25, -0.2) is 9.48 Å². The van der Waals surface area contributed by atoms with Gasteiger partial charge in [-0.05, 0) is 85.1 Å². The van der Waals surface area contributed by atoms with Crippen LogP contribution >= 0.6 is 23.2 Å². The number of halogens is 2. The summed E-state index contributed by atoms with van der Waals surface area (Å²) in [5.74, 6) is 0.968. The minimum Gasteiger partial charge on any atom is -0.444 e. The van der Waals surface area contributed by atoms with Crippen LogP contribution in [0.1, 0.15) is 90.1 Å². The average Bonchev–Trinajstić information content (AvgIpc) is 3.57. The molecule has 12 heteroatoms. The fourth-order valence-electron chi connectivity index (χ4n) is 7.69. The van der Waals surface area contributed by atoms with Crippen LogP contribution in [0.4, 0.5) is 10.6 Å². The van der Waals surface area contributed by atoms with Gasteiger partial charge >= 0.3 is 6.09 Å². The minimum atomic E-state index is -0.518. The van der Waals surface area contributed by atoms with E-state index < -0.39 is 5.60 Å². The Morgan fingerprint density at radius 3 is 2.51 bits per heavy atom. The van der Waals surface area contributed by atoms with Crippen molar-refractivity contribution < 1.29 is 14.3 Å². The van der Waals surface area contributed by atoms with Crippen LogP contribution in [0, 0.1) is 6.92 Å². The predicted molar refractivity (Wildman–Crippen MR) is 177 cm³/mol. The molecule has 3 saturated heterocycles. The van der Waals surface area contributed by atoms with Gasteiger partial charge in [0.15, 0.2) is 12.0 Å². The van der Waals surface area contributed by atoms with E-state index in [0.717, 1.165) is 105 Å². The molecular weight excluding hydrogens is 613 g/mol. The Balaban J connectivity index is 1.32. The zero-order chi connectivity index (χ0) is 31.5. The summed E-state index contributed by atoms with van der Waals surface area (Å²) in [6.07, 6.45) is 9.71. The van der Waals surface area contributed by atoms with Crippen LogP contribution in [0.2, 0.25) is 10.0 Å². The number of rotatable bonds is 4. The van der Waals surface area contributed by atoms with E-state index in [4.69, 9.17) is 42.9 Å². The molecule has 7 rings (SSSR count). The molecule has 1 aromatic carbocycles. The fourth-order valence-corrected chi connectivity index (χ4v) is 8.14. The van der Waals surface area contributed by atoms with Gasteiger partial charge in [0.2, 0.25) is 0 Å². The molecule has 0 radical (unpaired) electrons. The summed E-state index contributed by atoms with van der Waals surface area (Å²) < 4.78 is 16.0. The number of carbonyl (C=O) groups excluding carboxylic acids is 1. The molecule has 4 fully saturated rings. The Bertz CT molecular complexity index is 1580. The lowest BCUT2D eigenvalue weighted by atomic mass is 9.74. The number of nitrogens with zero attached hydrogens (tertiary/aromatic N) is 6. The quantitative estimate of drug-likeness (QED) is 0.320. The van der Waals surface area contributed by atoms with Crippen molar-refractivity contribution in [3.8, 4) is 11.1 Å². The Kier molecular flexibility index (Phi) is 8.24. The van der Waals surface area contributed by atoms with E-state index >= 15 is 0 Å². The van der Waals surface area contributed by atoms with Crippen molar-refractivity contribution in [1.29, 1.82) is 0 Å². The van der Waals surface area contributed by atoms with Crippen molar-refractivity contribution in [2.45, 2.75) is 102 Å². The molecular formula is C33H45Cl2N7O3. The van der Waals surface area contributed by atoms with Crippen LogP contribution in [0.5, 0.6) is 0 Å². The van der Waals surface area contributed by atoms with Gasteiger partial charge in [0.05, 0.1) is 33.3 Å². The molecule has 3 aliphatic heterocycles. The third-order valence-electron chi connectivity index (χ3n) is 10.1. The van der Waals surface area contributed by atoms with E-state index in [2.05, 4.69) is 21.8 Å². The second-order valence-corrected chi connectivity index (χ2v) is 15.0. The molecule has 0 bridgehead atoms. The normalized spacial score (nSPS) is 22.7. The highest BCUT2D eigenvalue weighted by Crippen LogP contribution is 2.50. The van der Waals surface area contributed by atoms with Gasteiger partial charge in [-0.2, -0.15) is 10.2 Å². The monoisotopic (exact) mass is 657 g/mol. The third-order valence-corrected chi connectivity index (χ3v) is 10.9. The number of ether oxygens (including phenoxy) is 2. The van der Waals surface area contributed by atoms with Crippen molar-refractivity contribution in [2.24, 2.45) is 0 Å². The maximum atomic E-state index is 12.8. The Morgan fingerprint density at radius 1 is 1.07 bits per heavy atom. The molecule has 1 aliphatic carbocycles. The number of anilines is 1. The number of piperazine rings is 1. The highest BCUT2D eigenvalue weighted by Gasteiger charge is 2.46. The molecule has 2 aromatic heterocycles. The third kappa shape index (κ3) is 5.59. The molecule has 1 unspecified atom stereocenters. The van der Waals surface area contributed by atoms with Gasteiger partial charge in [0.25, 0.3) is 0 Å². The molecule has 1 spiro atoms. The number of benzene rings is 1. The standard InChI is InChI=1S/C33H45Cl2N7O3/c1-21-27(28-23-19-37-42(26-8-5-6-17-44-26)25(23)18-24(34)29(28)35)30(40-16-13-36-20-33(40)11-7-12-33)38-41(21)22-9-14-39(15-10-22)31(43)45-32(2,3)4/h18-19,22,26,36H,5-17,20H2,1-4H3. The zero-order valence-electron chi connectivity index (χ0n) is 26.9. The number of nitrogens with one attached hydrogen (secondary N) is 1. The van der Waals surface area contributed by atoms with Crippen molar-refractivity contribution in [3.63, 3.8) is 0 Å². The molecule has 244 valence electrons. The average molecular weight is 659 g/mol. The fraction of sp³-hybridized carbons (Fsp3) is 0.667. The first kappa shape index (κ1) is 31.1. The maximum Gasteiger partial charge on any atom is 0.410 e. The molecule has 3 aromatic rings. The number of likely N-dealkylation sites (tertiary alicyclic amines) is 1. The molecule has 10 nitrogen and oxygen atoms in total. The Morgan fingerprint density at radius 2 is 1.84 bits per heavy atom. The Labute approximate surface area is 275 Å². The minimum absolute atomic E-state index is 0.0446. The number of hydrogen-bond acceptors (Lipinski definition) is 7. The van der Waals surface area contributed by atoms with Crippen LogP contribution in [0.3, 0.4) is 0 Å². The van der Waals surface area contributed by atoms with Crippen LogP contribution in [-0.4, -0.2) is 81.0 Å². The van der Waals surface area contributed by atoms with Gasteiger partial charge < -0.3 is 24.6 Å². The van der Waals surface area contributed by atoms with Gasteiger partial charge in [0, 0.05) is 61.5 Å². The number of amides is 1. The van der Waals surface area contributed by atoms with Crippen molar-refractivity contribution in [2.75, 3.05) is 44.2 Å². The lowest BCUT2D eigenvalue weighted by Gasteiger charge is -2.53. The summed E-state index contributed by atoms with van der Waals surface area (Å²) in [7, 11) is 0. The maximum absolute atomic E-state index is 12.8. The molecule has 1 amide bonds. The highest BCUT2D eigenvalue weighted by molar-refractivity contribution is 6.45. The molecule has 1 N–H and O–H groups in total. The first-order valence-corrected chi connectivity index (χ1v) is 17.3. The number of fused-ring (bicyclic) bond motifs is 1. The van der Waals surface area contributed by atoms with E-state index in [1.165, 1.54) is 6.42 Å². The summed E-state index contributed by atoms with van der Waals surface area (Å²) >= 11 is 14.1. The van der Waals surface area contributed by atoms with Crippen LogP contribution in [-0.2, 0) is 9.47 Å². The zero-order valence-corrected chi connectivity index (χ0v) is 28.4. The van der Waals surface area contributed by atoms with E-state index in [1.54, 1.807) is 0 Å². The topological polar surface area (TPSA) is 89.7 Å². The van der Waals surface area contributed by atoms with E-state index in [0.29, 0.717) is 23.1 Å². The summed E-state index contributed by atoms with van der Waals surface area (Å²) in [5.41, 5.74) is 3.42. The molecule has 1 atom stereocenters. The number of carbonyl (C=O) groups is 1. The van der Waals surface area contributed by atoms with Crippen molar-refractivity contribution in [1.82, 2.24) is 29.8 Å². The van der Waals surface area contributed by atoms with Crippen LogP contribution in [0.25, 0.3) is 22.0 Å². The van der Waals surface area contributed by atoms with Crippen LogP contribution in [0.15, 0.2) is 12.3 Å². The van der Waals surface area contributed by atoms with Crippen molar-refractivity contribution >= 4 is 46.0 Å². The molecule has 5 heterocycles. The van der Waals surface area contributed by atoms with Gasteiger partial charge in [0.1, 0.15) is 5.60 Å². The molecule has 1 saturated carbocycles. The number of piperidine rings is 1. The molecule has 4 aliphatic rings. The second-order valence-electron chi connectivity index (χ2n) is 14.2. The van der Waals surface area contributed by atoms with E-state index in [9.17, 15) is 4.79 Å². The highest BCUT2D eigenvalue weighted by atomic mass is 35.5. The smallest absolute Gasteiger partial charge is 0.410 e. The Hall–Kier alpha value is -2.53. The molecule has 45 heavy (non-hydrogen) atoms. The summed E-state index contributed by atoms with van der Waals surface area (Å²) in [6.45, 7) is 12.6. The van der Waals surface area contributed by atoms with Crippen molar-refractivity contribution in [3.05, 3.63) is 28.0 Å². The van der Waals surface area contributed by atoms with Gasteiger partial charge in [-0.1, -0.05) is 23.2 Å². The number of hydrogen-bond donors (Lipinski definition) is 1. The first-order valence-electron chi connectivity index (χ1n) is 16.6. The van der Waals surface area contributed by atoms with E-state index in [-0.39, 0.29) is 23.9 Å². The SMILES string of the molecule is Cc1c(-c2c(Cl)c(Cl)cc3c2cnn3C2CCCCO2)c(N2CCNCC23CCC3)nn1C1CCN(C(=O)OC(C)(C)C)CC1. The first-order chi connectivity index (χ1) is 21.6. The number of aromatic nitrogens is 4. The summed E-state index contributed by atoms with van der Waals surface area (Å²) in [5, 5.41) is 15.9. The van der Waals surface area contributed by atoms with Gasteiger partial charge in [-0.3, -0.25) is 4.68 Å². The van der Waals surface area contributed by atoms with Gasteiger partial charge in [-0.15, -0.1) is 0 Å². The van der Waals surface area contributed by atoms with Crippen LogP contribution < -0.4 is 10.2 Å². The lowest BCUT2D eigenvalue weighted by Crippen LogP contribution is -2.65. The lowest BCUT2D eigenvalue weighted by molar-refractivity contribution is -0.0366. The summed E-state index contributed by atoms with van der Waals surface area (Å²) in [4.78, 5) is 17.2. The van der Waals surface area contributed by atoms with E-state index in [1.807, 2.05) is 42.6 Å². The summed E-state index contributed by atoms with van der Waals surface area (Å²) in [6, 6.07) is 2.07. The largest absolute Gasteiger partial charge is 0.444 e. The predicted octanol–water partition coefficient (Wildman–Crippen LogP) is 7.12. The second kappa shape index (κ2) is 11.9.